The van der Waals surface area contributed by atoms with Crippen molar-refractivity contribution in [2.24, 2.45) is 0 Å². The summed E-state index contributed by atoms with van der Waals surface area (Å²) in [5.74, 6) is -1.34. The summed E-state index contributed by atoms with van der Waals surface area (Å²) in [5.41, 5.74) is 4.47. The van der Waals surface area contributed by atoms with Gasteiger partial charge in [-0.05, 0) is 41.4 Å². The van der Waals surface area contributed by atoms with Crippen LogP contribution in [0.4, 0.5) is 4.79 Å². The van der Waals surface area contributed by atoms with Crippen LogP contribution in [0.25, 0.3) is 11.1 Å². The third-order valence-electron chi connectivity index (χ3n) is 6.37. The zero-order chi connectivity index (χ0) is 23.4. The lowest BCUT2D eigenvalue weighted by molar-refractivity contribution is -0.137. The lowest BCUT2D eigenvalue weighted by Crippen LogP contribution is -2.48. The van der Waals surface area contributed by atoms with Gasteiger partial charge in [-0.3, -0.25) is 9.59 Å². The van der Waals surface area contributed by atoms with E-state index in [-0.39, 0.29) is 31.3 Å². The van der Waals surface area contributed by atoms with E-state index >= 15 is 0 Å². The molecule has 2 atom stereocenters. The predicted octanol–water partition coefficient (Wildman–Crippen LogP) is 3.72. The molecule has 0 saturated carbocycles. The monoisotopic (exact) mass is 468 g/mol. The van der Waals surface area contributed by atoms with Crippen molar-refractivity contribution < 1.29 is 24.2 Å². The van der Waals surface area contributed by atoms with Crippen LogP contribution in [0.2, 0.25) is 0 Å². The first-order chi connectivity index (χ1) is 16.0. The van der Waals surface area contributed by atoms with Crippen molar-refractivity contribution in [3.63, 3.8) is 0 Å². The Labute approximate surface area is 197 Å². The van der Waals surface area contributed by atoms with E-state index < -0.39 is 18.1 Å². The molecule has 174 valence electrons. The molecule has 2 aliphatic rings. The Morgan fingerprint density at radius 2 is 1.76 bits per heavy atom. The van der Waals surface area contributed by atoms with Gasteiger partial charge in [-0.15, -0.1) is 0 Å². The minimum absolute atomic E-state index is 0.0266. The average Bonchev–Trinajstić information content (AvgIpc) is 3.43. The zero-order valence-electron chi connectivity index (χ0n) is 18.5. The molecule has 7 nitrogen and oxygen atoms in total. The predicted molar refractivity (Wildman–Crippen MR) is 127 cm³/mol. The van der Waals surface area contributed by atoms with Crippen molar-refractivity contribution in [3.8, 4) is 11.1 Å². The van der Waals surface area contributed by atoms with E-state index in [9.17, 15) is 14.4 Å². The first-order valence-corrected chi connectivity index (χ1v) is 12.4. The molecule has 2 N–H and O–H groups in total. The number of hydrogen-bond donors (Lipinski definition) is 2. The molecule has 0 bridgehead atoms. The van der Waals surface area contributed by atoms with Crippen LogP contribution in [0, 0.1) is 0 Å². The molecule has 2 aromatic rings. The maximum atomic E-state index is 13.0. The van der Waals surface area contributed by atoms with Gasteiger partial charge in [0.15, 0.2) is 0 Å². The Balaban J connectivity index is 1.41. The van der Waals surface area contributed by atoms with Crippen LogP contribution in [0.1, 0.15) is 36.3 Å². The molecule has 1 aliphatic heterocycles. The van der Waals surface area contributed by atoms with Crippen molar-refractivity contribution in [2.75, 3.05) is 26.0 Å². The second-order valence-corrected chi connectivity index (χ2v) is 9.52. The van der Waals surface area contributed by atoms with E-state index in [1.54, 1.807) is 16.7 Å². The number of carbonyl (C=O) groups is 3. The van der Waals surface area contributed by atoms with E-state index in [1.165, 1.54) is 0 Å². The number of carbonyl (C=O) groups excluding carboxylic acids is 2. The smallest absolute Gasteiger partial charge is 0.407 e. The van der Waals surface area contributed by atoms with Crippen LogP contribution >= 0.6 is 11.8 Å². The fourth-order valence-electron chi connectivity index (χ4n) is 4.65. The second-order valence-electron chi connectivity index (χ2n) is 8.39. The molecule has 2 unspecified atom stereocenters. The standard InChI is InChI=1S/C25H28N2O5S/c1-33-16-12-13-27(14-16)24(30)22(10-11-23(28)29)26-25(31)32-15-21-19-8-4-2-6-17(19)18-7-3-5-9-20(18)21/h2-9,16,21-22H,10-15H2,1H3,(H,26,31)(H,28,29). The molecular weight excluding hydrogens is 440 g/mol. The van der Waals surface area contributed by atoms with Crippen LogP contribution < -0.4 is 5.32 Å². The molecule has 0 radical (unpaired) electrons. The fourth-order valence-corrected chi connectivity index (χ4v) is 5.32. The minimum Gasteiger partial charge on any atom is -0.481 e. The van der Waals surface area contributed by atoms with Crippen molar-refractivity contribution in [1.29, 1.82) is 0 Å². The Morgan fingerprint density at radius 1 is 1.12 bits per heavy atom. The Morgan fingerprint density at radius 3 is 2.33 bits per heavy atom. The van der Waals surface area contributed by atoms with E-state index in [0.29, 0.717) is 18.3 Å². The number of amides is 2. The summed E-state index contributed by atoms with van der Waals surface area (Å²) < 4.78 is 5.56. The van der Waals surface area contributed by atoms with Crippen molar-refractivity contribution in [1.82, 2.24) is 10.2 Å². The second kappa shape index (κ2) is 10.3. The number of ether oxygens (including phenoxy) is 1. The van der Waals surface area contributed by atoms with E-state index in [2.05, 4.69) is 17.4 Å². The molecule has 1 fully saturated rings. The first kappa shape index (κ1) is 23.2. The SMILES string of the molecule is CSC1CCN(C(=O)C(CCC(=O)O)NC(=O)OCC2c3ccccc3-c3ccccc32)C1. The van der Waals surface area contributed by atoms with Crippen LogP contribution in [0.3, 0.4) is 0 Å². The lowest BCUT2D eigenvalue weighted by Gasteiger charge is -2.24. The largest absolute Gasteiger partial charge is 0.481 e. The number of aliphatic carboxylic acids is 1. The van der Waals surface area contributed by atoms with Gasteiger partial charge < -0.3 is 20.1 Å². The number of hydrogen-bond acceptors (Lipinski definition) is 5. The van der Waals surface area contributed by atoms with Gasteiger partial charge in [0.2, 0.25) is 5.91 Å². The van der Waals surface area contributed by atoms with E-state index in [4.69, 9.17) is 9.84 Å². The number of nitrogens with one attached hydrogen (secondary N) is 1. The highest BCUT2D eigenvalue weighted by Gasteiger charge is 2.33. The molecule has 1 aliphatic carbocycles. The van der Waals surface area contributed by atoms with Crippen LogP contribution in [0.5, 0.6) is 0 Å². The number of alkyl carbamates (subject to hydrolysis) is 1. The number of likely N-dealkylation sites (tertiary alicyclic amines) is 1. The first-order valence-electron chi connectivity index (χ1n) is 11.1. The van der Waals surface area contributed by atoms with Crippen molar-refractivity contribution in [3.05, 3.63) is 59.7 Å². The van der Waals surface area contributed by atoms with Gasteiger partial charge in [-0.25, -0.2) is 4.79 Å². The topological polar surface area (TPSA) is 95.9 Å². The zero-order valence-corrected chi connectivity index (χ0v) is 19.3. The molecule has 1 heterocycles. The van der Waals surface area contributed by atoms with Gasteiger partial charge in [0, 0.05) is 30.7 Å². The quantitative estimate of drug-likeness (QED) is 0.613. The molecule has 0 aromatic heterocycles. The summed E-state index contributed by atoms with van der Waals surface area (Å²) in [7, 11) is 0. The molecule has 33 heavy (non-hydrogen) atoms. The summed E-state index contributed by atoms with van der Waals surface area (Å²) >= 11 is 1.71. The number of benzene rings is 2. The fraction of sp³-hybridized carbons (Fsp3) is 0.400. The Bertz CT molecular complexity index is 997. The van der Waals surface area contributed by atoms with Crippen LogP contribution in [-0.4, -0.2) is 65.2 Å². The molecule has 1 saturated heterocycles. The Kier molecular flexibility index (Phi) is 7.23. The van der Waals surface area contributed by atoms with Crippen LogP contribution in [-0.2, 0) is 14.3 Å². The summed E-state index contributed by atoms with van der Waals surface area (Å²) in [6.07, 6.45) is 2.01. The number of carboxylic acids is 1. The van der Waals surface area contributed by atoms with Gasteiger partial charge in [-0.2, -0.15) is 11.8 Å². The lowest BCUT2D eigenvalue weighted by atomic mass is 9.98. The normalized spacial score (nSPS) is 17.8. The number of fused-ring (bicyclic) bond motifs is 3. The average molecular weight is 469 g/mol. The van der Waals surface area contributed by atoms with Gasteiger partial charge >= 0.3 is 12.1 Å². The summed E-state index contributed by atoms with van der Waals surface area (Å²) in [6.45, 7) is 1.36. The van der Waals surface area contributed by atoms with Crippen molar-refractivity contribution >= 4 is 29.7 Å². The van der Waals surface area contributed by atoms with Gasteiger partial charge in [-0.1, -0.05) is 48.5 Å². The number of carboxylic acid groups (broad SMARTS) is 1. The Hall–Kier alpha value is -3.00. The number of thioether (sulfide) groups is 1. The summed E-state index contributed by atoms with van der Waals surface area (Å²) in [4.78, 5) is 38.5. The molecule has 8 heteroatoms. The maximum Gasteiger partial charge on any atom is 0.407 e. The van der Waals surface area contributed by atoms with E-state index in [1.807, 2.05) is 42.7 Å². The molecular formula is C25H28N2O5S. The summed E-state index contributed by atoms with van der Waals surface area (Å²) in [6, 6.07) is 15.2. The molecule has 4 rings (SSSR count). The number of rotatable bonds is 8. The van der Waals surface area contributed by atoms with E-state index in [0.717, 1.165) is 28.7 Å². The highest BCUT2D eigenvalue weighted by Crippen LogP contribution is 2.44. The maximum absolute atomic E-state index is 13.0. The van der Waals surface area contributed by atoms with Gasteiger partial charge in [0.1, 0.15) is 12.6 Å². The van der Waals surface area contributed by atoms with Crippen molar-refractivity contribution in [2.45, 2.75) is 36.5 Å². The van der Waals surface area contributed by atoms with Crippen LogP contribution in [0.15, 0.2) is 48.5 Å². The molecule has 2 aromatic carbocycles. The molecule has 2 amide bonds. The third-order valence-corrected chi connectivity index (χ3v) is 7.42. The summed E-state index contributed by atoms with van der Waals surface area (Å²) in [5, 5.41) is 12.1. The number of nitrogens with zero attached hydrogens (tertiary/aromatic N) is 1. The van der Waals surface area contributed by atoms with Gasteiger partial charge in [0.05, 0.1) is 0 Å². The minimum atomic E-state index is -1.01. The third kappa shape index (κ3) is 5.16. The van der Waals surface area contributed by atoms with Gasteiger partial charge in [0.25, 0.3) is 0 Å². The highest BCUT2D eigenvalue weighted by atomic mass is 32.2. The highest BCUT2D eigenvalue weighted by molar-refractivity contribution is 7.99. The molecule has 0 spiro atoms.